The number of para-hydroxylation sites is 1. The molecule has 3 heterocycles. The number of thiophene rings is 1. The maximum Gasteiger partial charge on any atom is 0.169 e. The Hall–Kier alpha value is -3.16. The van der Waals surface area contributed by atoms with E-state index in [1.165, 1.54) is 10.4 Å². The number of nitrogens with zero attached hydrogens (tertiary/aromatic N) is 2. The number of fused-ring (bicyclic) bond motifs is 3. The number of anilines is 2. The first kappa shape index (κ1) is 17.9. The molecule has 2 aromatic heterocycles. The molecule has 0 fully saturated rings. The van der Waals surface area contributed by atoms with E-state index < -0.39 is 0 Å². The van der Waals surface area contributed by atoms with Crippen LogP contribution in [0.3, 0.4) is 0 Å². The lowest BCUT2D eigenvalue weighted by Crippen LogP contribution is -2.22. The van der Waals surface area contributed by atoms with Gasteiger partial charge in [0, 0.05) is 23.2 Å². The smallest absolute Gasteiger partial charge is 0.169 e. The molecule has 2 N–H and O–H groups in total. The molecule has 1 aliphatic heterocycles. The lowest BCUT2D eigenvalue weighted by Gasteiger charge is -2.15. The van der Waals surface area contributed by atoms with Gasteiger partial charge in [0.05, 0.1) is 12.5 Å². The minimum Gasteiger partial charge on any atom is -0.493 e. The molecule has 1 aliphatic rings. The summed E-state index contributed by atoms with van der Waals surface area (Å²) in [7, 11) is 1.64. The summed E-state index contributed by atoms with van der Waals surface area (Å²) in [5, 5.41) is 7.99. The van der Waals surface area contributed by atoms with E-state index >= 15 is 0 Å². The molecular weight excluding hydrogens is 384 g/mol. The molecule has 0 atom stereocenters. The minimum atomic E-state index is 0.653. The van der Waals surface area contributed by atoms with Crippen molar-refractivity contribution >= 4 is 33.1 Å². The van der Waals surface area contributed by atoms with Gasteiger partial charge in [0.1, 0.15) is 22.7 Å². The third-order valence-electron chi connectivity index (χ3n) is 4.91. The van der Waals surface area contributed by atoms with Gasteiger partial charge in [0.25, 0.3) is 0 Å². The molecule has 2 aromatic carbocycles. The number of benzene rings is 2. The first-order valence-electron chi connectivity index (χ1n) is 9.46. The zero-order valence-electron chi connectivity index (χ0n) is 15.9. The van der Waals surface area contributed by atoms with E-state index in [1.54, 1.807) is 24.8 Å². The highest BCUT2D eigenvalue weighted by Crippen LogP contribution is 2.38. The fraction of sp³-hybridized carbons (Fsp3) is 0.182. The predicted molar refractivity (Wildman–Crippen MR) is 116 cm³/mol. The maximum atomic E-state index is 5.95. The fourth-order valence-corrected chi connectivity index (χ4v) is 4.69. The number of methoxy groups -OCH3 is 1. The van der Waals surface area contributed by atoms with Crippen molar-refractivity contribution in [3.05, 3.63) is 65.3 Å². The number of nitrogens with one attached hydrogen (secondary N) is 2. The van der Waals surface area contributed by atoms with E-state index in [4.69, 9.17) is 9.47 Å². The van der Waals surface area contributed by atoms with E-state index in [0.717, 1.165) is 47.0 Å². The number of hydrogen-bond donors (Lipinski definition) is 2. The van der Waals surface area contributed by atoms with Crippen molar-refractivity contribution in [2.75, 3.05) is 19.0 Å². The van der Waals surface area contributed by atoms with Gasteiger partial charge in [-0.3, -0.25) is 0 Å². The summed E-state index contributed by atoms with van der Waals surface area (Å²) in [6, 6.07) is 15.5. The van der Waals surface area contributed by atoms with Crippen molar-refractivity contribution in [2.24, 2.45) is 0 Å². The molecule has 0 bridgehead atoms. The molecule has 0 saturated carbocycles. The summed E-state index contributed by atoms with van der Waals surface area (Å²) in [5.41, 5.74) is 2.24. The molecule has 0 unspecified atom stereocenters. The Bertz CT molecular complexity index is 1160. The van der Waals surface area contributed by atoms with Gasteiger partial charge in [-0.05, 0) is 42.8 Å². The molecule has 29 heavy (non-hydrogen) atoms. The van der Waals surface area contributed by atoms with Crippen LogP contribution in [0.1, 0.15) is 10.4 Å². The topological polar surface area (TPSA) is 68.3 Å². The molecule has 5 rings (SSSR count). The lowest BCUT2D eigenvalue weighted by atomic mass is 10.1. The molecule has 6 nitrogen and oxygen atoms in total. The second-order valence-corrected chi connectivity index (χ2v) is 7.82. The second kappa shape index (κ2) is 7.69. The van der Waals surface area contributed by atoms with Crippen LogP contribution in [-0.2, 0) is 13.0 Å². The summed E-state index contributed by atoms with van der Waals surface area (Å²) in [5.74, 6) is 2.91. The Morgan fingerprint density at radius 2 is 1.97 bits per heavy atom. The van der Waals surface area contributed by atoms with Crippen LogP contribution in [0, 0.1) is 0 Å². The predicted octanol–water partition coefficient (Wildman–Crippen LogP) is 4.88. The molecular formula is C22H20N4O2S. The Labute approximate surface area is 172 Å². The van der Waals surface area contributed by atoms with E-state index in [2.05, 4.69) is 20.6 Å². The summed E-state index contributed by atoms with van der Waals surface area (Å²) in [6.07, 6.45) is 2.61. The van der Waals surface area contributed by atoms with Crippen LogP contribution in [0.4, 0.5) is 11.5 Å². The van der Waals surface area contributed by atoms with Crippen molar-refractivity contribution in [1.29, 1.82) is 0 Å². The van der Waals surface area contributed by atoms with Crippen molar-refractivity contribution in [3.8, 4) is 17.2 Å². The van der Waals surface area contributed by atoms with Gasteiger partial charge in [-0.25, -0.2) is 9.97 Å². The number of rotatable bonds is 5. The van der Waals surface area contributed by atoms with Crippen LogP contribution in [0.25, 0.3) is 10.2 Å². The molecule has 0 radical (unpaired) electrons. The molecule has 0 saturated heterocycles. The van der Waals surface area contributed by atoms with Crippen LogP contribution in [0.5, 0.6) is 17.2 Å². The highest BCUT2D eigenvalue weighted by molar-refractivity contribution is 7.19. The fourth-order valence-electron chi connectivity index (χ4n) is 3.54. The minimum absolute atomic E-state index is 0.653. The summed E-state index contributed by atoms with van der Waals surface area (Å²) < 4.78 is 11.5. The van der Waals surface area contributed by atoms with E-state index in [9.17, 15) is 0 Å². The summed E-state index contributed by atoms with van der Waals surface area (Å²) in [4.78, 5) is 11.4. The van der Waals surface area contributed by atoms with E-state index in [0.29, 0.717) is 11.5 Å². The van der Waals surface area contributed by atoms with Crippen molar-refractivity contribution in [1.82, 2.24) is 15.3 Å². The highest BCUT2D eigenvalue weighted by atomic mass is 32.1. The average molecular weight is 404 g/mol. The van der Waals surface area contributed by atoms with Crippen LogP contribution >= 0.6 is 11.3 Å². The lowest BCUT2D eigenvalue weighted by molar-refractivity contribution is 0.379. The Balaban J connectivity index is 1.47. The second-order valence-electron chi connectivity index (χ2n) is 6.74. The number of ether oxygens (including phenoxy) is 2. The highest BCUT2D eigenvalue weighted by Gasteiger charge is 2.20. The molecule has 0 aliphatic carbocycles. The Morgan fingerprint density at radius 1 is 1.07 bits per heavy atom. The number of hydrogen-bond acceptors (Lipinski definition) is 7. The van der Waals surface area contributed by atoms with Crippen molar-refractivity contribution in [3.63, 3.8) is 0 Å². The monoisotopic (exact) mass is 404 g/mol. The van der Waals surface area contributed by atoms with Crippen LogP contribution in [0.2, 0.25) is 0 Å². The molecule has 7 heteroatoms. The average Bonchev–Trinajstić information content (AvgIpc) is 3.15. The van der Waals surface area contributed by atoms with Gasteiger partial charge in [-0.2, -0.15) is 0 Å². The molecule has 146 valence electrons. The Morgan fingerprint density at radius 3 is 2.83 bits per heavy atom. The van der Waals surface area contributed by atoms with Crippen LogP contribution in [0.15, 0.2) is 54.9 Å². The molecule has 0 amide bonds. The van der Waals surface area contributed by atoms with Crippen molar-refractivity contribution in [2.45, 2.75) is 13.0 Å². The van der Waals surface area contributed by atoms with Crippen LogP contribution in [-0.4, -0.2) is 23.6 Å². The van der Waals surface area contributed by atoms with Gasteiger partial charge in [0.15, 0.2) is 11.5 Å². The zero-order chi connectivity index (χ0) is 19.6. The standard InChI is InChI=1S/C22H20N4O2S/c1-27-18-11-14(7-8-17(18)28-15-5-3-2-4-6-15)26-21-20-16-9-10-23-12-19(16)29-22(20)25-13-24-21/h2-8,11,13,23H,9-10,12H2,1H3,(H,24,25,26). The summed E-state index contributed by atoms with van der Waals surface area (Å²) in [6.45, 7) is 1.88. The van der Waals surface area contributed by atoms with E-state index in [1.807, 2.05) is 48.5 Å². The van der Waals surface area contributed by atoms with Crippen LogP contribution < -0.4 is 20.1 Å². The SMILES string of the molecule is COc1cc(Nc2ncnc3sc4c(c23)CCNC4)ccc1Oc1ccccc1. The van der Waals surface area contributed by atoms with Gasteiger partial charge in [0.2, 0.25) is 0 Å². The zero-order valence-corrected chi connectivity index (χ0v) is 16.8. The third-order valence-corrected chi connectivity index (χ3v) is 6.05. The first-order valence-corrected chi connectivity index (χ1v) is 10.3. The summed E-state index contributed by atoms with van der Waals surface area (Å²) >= 11 is 1.74. The Kier molecular flexibility index (Phi) is 4.75. The largest absolute Gasteiger partial charge is 0.493 e. The maximum absolute atomic E-state index is 5.95. The van der Waals surface area contributed by atoms with Gasteiger partial charge in [-0.15, -0.1) is 11.3 Å². The van der Waals surface area contributed by atoms with E-state index in [-0.39, 0.29) is 0 Å². The first-order chi connectivity index (χ1) is 14.3. The van der Waals surface area contributed by atoms with Gasteiger partial charge >= 0.3 is 0 Å². The third kappa shape index (κ3) is 3.50. The number of aromatic nitrogens is 2. The van der Waals surface area contributed by atoms with Gasteiger partial charge in [-0.1, -0.05) is 18.2 Å². The normalized spacial score (nSPS) is 13.1. The van der Waals surface area contributed by atoms with Crippen molar-refractivity contribution < 1.29 is 9.47 Å². The quantitative estimate of drug-likeness (QED) is 0.494. The van der Waals surface area contributed by atoms with Gasteiger partial charge < -0.3 is 20.1 Å². The molecule has 4 aromatic rings. The molecule has 0 spiro atoms.